The van der Waals surface area contributed by atoms with Gasteiger partial charge in [0, 0.05) is 38.8 Å². The van der Waals surface area contributed by atoms with Gasteiger partial charge in [-0.2, -0.15) is 4.52 Å². The fourth-order valence-electron chi connectivity index (χ4n) is 1.86. The summed E-state index contributed by atoms with van der Waals surface area (Å²) in [4.78, 5) is 29.7. The fraction of sp³-hybridized carbons (Fsp3) is 0.538. The zero-order chi connectivity index (χ0) is 15.4. The molecule has 1 N–H and O–H groups in total. The first-order valence-electron chi connectivity index (χ1n) is 6.86. The van der Waals surface area contributed by atoms with Gasteiger partial charge in [0.1, 0.15) is 0 Å². The largest absolute Gasteiger partial charge is 0.356 e. The summed E-state index contributed by atoms with van der Waals surface area (Å²) in [5.41, 5.74) is 0.634. The van der Waals surface area contributed by atoms with E-state index in [-0.39, 0.29) is 11.5 Å². The molecule has 21 heavy (non-hydrogen) atoms. The molecule has 114 valence electrons. The highest BCUT2D eigenvalue weighted by Crippen LogP contribution is 2.20. The van der Waals surface area contributed by atoms with Crippen molar-refractivity contribution < 1.29 is 4.79 Å². The van der Waals surface area contributed by atoms with Crippen LogP contribution in [0.4, 0.5) is 5.13 Å². The summed E-state index contributed by atoms with van der Waals surface area (Å²) >= 11 is 1.39. The van der Waals surface area contributed by atoms with E-state index in [2.05, 4.69) is 15.4 Å². The molecule has 0 unspecified atom stereocenters. The minimum atomic E-state index is -0.147. The number of anilines is 1. The Morgan fingerprint density at radius 3 is 2.95 bits per heavy atom. The molecule has 0 bridgehead atoms. The Bertz CT molecular complexity index is 693. The van der Waals surface area contributed by atoms with Gasteiger partial charge in [0.2, 0.25) is 16.0 Å². The van der Waals surface area contributed by atoms with Crippen LogP contribution in [-0.2, 0) is 11.2 Å². The lowest BCUT2D eigenvalue weighted by Gasteiger charge is -2.14. The summed E-state index contributed by atoms with van der Waals surface area (Å²) in [5, 5.41) is 7.80. The third kappa shape index (κ3) is 3.78. The van der Waals surface area contributed by atoms with E-state index < -0.39 is 0 Å². The maximum Gasteiger partial charge on any atom is 0.275 e. The van der Waals surface area contributed by atoms with Crippen molar-refractivity contribution in [3.05, 3.63) is 22.1 Å². The van der Waals surface area contributed by atoms with E-state index >= 15 is 0 Å². The Labute approximate surface area is 126 Å². The first kappa shape index (κ1) is 15.4. The lowest BCUT2D eigenvalue weighted by molar-refractivity contribution is -0.118. The summed E-state index contributed by atoms with van der Waals surface area (Å²) < 4.78 is 1.34. The van der Waals surface area contributed by atoms with Crippen LogP contribution >= 0.6 is 11.3 Å². The van der Waals surface area contributed by atoms with E-state index in [1.165, 1.54) is 28.8 Å². The van der Waals surface area contributed by atoms with Crippen molar-refractivity contribution in [1.29, 1.82) is 0 Å². The van der Waals surface area contributed by atoms with Crippen LogP contribution < -0.4 is 15.8 Å². The molecule has 1 amide bonds. The highest BCUT2D eigenvalue weighted by Gasteiger charge is 2.11. The molecule has 2 rings (SSSR count). The molecule has 0 saturated carbocycles. The first-order valence-corrected chi connectivity index (χ1v) is 7.68. The number of nitrogens with zero attached hydrogens (tertiary/aromatic N) is 4. The number of nitrogens with one attached hydrogen (secondary N) is 1. The van der Waals surface area contributed by atoms with E-state index in [9.17, 15) is 9.59 Å². The smallest absolute Gasteiger partial charge is 0.275 e. The average molecular weight is 309 g/mol. The van der Waals surface area contributed by atoms with E-state index in [0.717, 1.165) is 30.2 Å². The third-order valence-corrected chi connectivity index (χ3v) is 4.04. The molecule has 0 atom stereocenters. The summed E-state index contributed by atoms with van der Waals surface area (Å²) in [6.45, 7) is 4.84. The highest BCUT2D eigenvalue weighted by atomic mass is 32.1. The first-order chi connectivity index (χ1) is 10.0. The van der Waals surface area contributed by atoms with Gasteiger partial charge in [-0.3, -0.25) is 9.59 Å². The lowest BCUT2D eigenvalue weighted by Crippen LogP contribution is -2.26. The quantitative estimate of drug-likeness (QED) is 0.794. The number of fused-ring (bicyclic) bond motifs is 1. The number of aryl methyl sites for hydroxylation is 1. The molecule has 2 aromatic heterocycles. The Balaban J connectivity index is 2.09. The second-order valence-electron chi connectivity index (χ2n) is 4.78. The minimum absolute atomic E-state index is 0.0273. The minimum Gasteiger partial charge on any atom is -0.356 e. The fourth-order valence-corrected chi connectivity index (χ4v) is 2.77. The molecule has 0 radical (unpaired) electrons. The Hall–Kier alpha value is -1.96. The summed E-state index contributed by atoms with van der Waals surface area (Å²) in [6.07, 6.45) is 1.54. The molecule has 0 aliphatic rings. The second-order valence-corrected chi connectivity index (χ2v) is 5.71. The van der Waals surface area contributed by atoms with Gasteiger partial charge >= 0.3 is 0 Å². The number of hydrogen-bond acceptors (Lipinski definition) is 6. The monoisotopic (exact) mass is 309 g/mol. The van der Waals surface area contributed by atoms with E-state index in [1.54, 1.807) is 0 Å². The van der Waals surface area contributed by atoms with Gasteiger partial charge in [-0.25, -0.2) is 4.98 Å². The molecule has 0 aliphatic heterocycles. The number of carbonyl (C=O) groups is 1. The molecule has 0 saturated heterocycles. The number of aromatic nitrogens is 3. The van der Waals surface area contributed by atoms with Crippen molar-refractivity contribution in [2.24, 2.45) is 0 Å². The predicted molar refractivity (Wildman–Crippen MR) is 83.1 cm³/mol. The zero-order valence-electron chi connectivity index (χ0n) is 12.4. The lowest BCUT2D eigenvalue weighted by atomic mass is 10.3. The van der Waals surface area contributed by atoms with Crippen molar-refractivity contribution in [3.63, 3.8) is 0 Å². The van der Waals surface area contributed by atoms with Crippen molar-refractivity contribution in [1.82, 2.24) is 19.9 Å². The van der Waals surface area contributed by atoms with Gasteiger partial charge in [0.15, 0.2) is 0 Å². The van der Waals surface area contributed by atoms with Gasteiger partial charge in [-0.1, -0.05) is 18.3 Å². The number of carbonyl (C=O) groups excluding carboxylic acids is 1. The molecule has 0 aromatic carbocycles. The maximum atomic E-state index is 11.9. The number of rotatable bonds is 6. The molecule has 7 nitrogen and oxygen atoms in total. The van der Waals surface area contributed by atoms with E-state index in [4.69, 9.17) is 0 Å². The topological polar surface area (TPSA) is 79.6 Å². The molecular weight excluding hydrogens is 290 g/mol. The maximum absolute atomic E-state index is 11.9. The van der Waals surface area contributed by atoms with Gasteiger partial charge in [0.25, 0.3) is 5.56 Å². The van der Waals surface area contributed by atoms with Crippen LogP contribution in [0, 0.1) is 0 Å². The second kappa shape index (κ2) is 6.66. The van der Waals surface area contributed by atoms with Crippen LogP contribution in [-0.4, -0.2) is 40.6 Å². The molecule has 2 heterocycles. The van der Waals surface area contributed by atoms with Crippen molar-refractivity contribution >= 4 is 27.3 Å². The molecule has 0 aliphatic carbocycles. The molecular formula is C13H19N5O2S. The molecule has 2 aromatic rings. The van der Waals surface area contributed by atoms with Gasteiger partial charge in [-0.05, 0) is 12.8 Å². The molecule has 8 heteroatoms. The SMILES string of the molecule is CCc1cc(=O)n2nc(N(C)CCCNC(C)=O)sc2n1. The highest BCUT2D eigenvalue weighted by molar-refractivity contribution is 7.20. The summed E-state index contributed by atoms with van der Waals surface area (Å²) in [6, 6.07) is 1.52. The number of hydrogen-bond donors (Lipinski definition) is 1. The zero-order valence-corrected chi connectivity index (χ0v) is 13.2. The van der Waals surface area contributed by atoms with Crippen LogP contribution in [0.15, 0.2) is 10.9 Å². The van der Waals surface area contributed by atoms with Crippen LogP contribution in [0.5, 0.6) is 0 Å². The van der Waals surface area contributed by atoms with E-state index in [0.29, 0.717) is 11.5 Å². The Morgan fingerprint density at radius 1 is 1.52 bits per heavy atom. The van der Waals surface area contributed by atoms with Gasteiger partial charge < -0.3 is 10.2 Å². The van der Waals surface area contributed by atoms with Crippen LogP contribution in [0.25, 0.3) is 4.96 Å². The summed E-state index contributed by atoms with van der Waals surface area (Å²) in [5.74, 6) is -0.0273. The van der Waals surface area contributed by atoms with Crippen LogP contribution in [0.2, 0.25) is 0 Å². The summed E-state index contributed by atoms with van der Waals surface area (Å²) in [7, 11) is 1.91. The number of amides is 1. The van der Waals surface area contributed by atoms with Crippen molar-refractivity contribution in [3.8, 4) is 0 Å². The van der Waals surface area contributed by atoms with Crippen molar-refractivity contribution in [2.75, 3.05) is 25.0 Å². The third-order valence-electron chi connectivity index (χ3n) is 3.02. The Morgan fingerprint density at radius 2 is 2.29 bits per heavy atom. The Kier molecular flexibility index (Phi) is 4.89. The average Bonchev–Trinajstić information content (AvgIpc) is 2.87. The van der Waals surface area contributed by atoms with Crippen molar-refractivity contribution in [2.45, 2.75) is 26.7 Å². The molecule has 0 fully saturated rings. The van der Waals surface area contributed by atoms with Gasteiger partial charge in [0.05, 0.1) is 0 Å². The van der Waals surface area contributed by atoms with Gasteiger partial charge in [-0.15, -0.1) is 5.10 Å². The van der Waals surface area contributed by atoms with Crippen LogP contribution in [0.3, 0.4) is 0 Å². The van der Waals surface area contributed by atoms with E-state index in [1.807, 2.05) is 18.9 Å². The van der Waals surface area contributed by atoms with Crippen LogP contribution in [0.1, 0.15) is 26.0 Å². The predicted octanol–water partition coefficient (Wildman–Crippen LogP) is 0.676. The standard InChI is InChI=1S/C13H19N5O2S/c1-4-10-8-11(20)18-12(15-10)21-13(16-18)17(3)7-5-6-14-9(2)19/h8H,4-7H2,1-3H3,(H,14,19). The normalized spacial score (nSPS) is 10.8. The molecule has 0 spiro atoms.